The van der Waals surface area contributed by atoms with Gasteiger partial charge >= 0.3 is 0 Å². The molecule has 14 heavy (non-hydrogen) atoms. The fourth-order valence-corrected chi connectivity index (χ4v) is 1.87. The summed E-state index contributed by atoms with van der Waals surface area (Å²) in [5.74, 6) is 0.745. The largest absolute Gasteiger partial charge is 0.368 e. The monoisotopic (exact) mass is 211 g/mol. The van der Waals surface area contributed by atoms with E-state index in [0.29, 0.717) is 10.4 Å². The quantitative estimate of drug-likeness (QED) is 0.836. The molecule has 1 aliphatic rings. The average molecular weight is 212 g/mol. The lowest BCUT2D eigenvalue weighted by Gasteiger charge is -2.38. The van der Waals surface area contributed by atoms with Gasteiger partial charge in [-0.3, -0.25) is 0 Å². The van der Waals surface area contributed by atoms with Crippen molar-refractivity contribution in [2.45, 2.75) is 26.2 Å². The minimum absolute atomic E-state index is 0.439. The van der Waals surface area contributed by atoms with Gasteiger partial charge < -0.3 is 5.32 Å². The van der Waals surface area contributed by atoms with E-state index in [9.17, 15) is 0 Å². The SMILES string of the molecule is CC1(CNc2ncncc2Cl)CCC1. The maximum atomic E-state index is 5.93. The van der Waals surface area contributed by atoms with E-state index in [1.165, 1.54) is 25.6 Å². The Bertz CT molecular complexity index is 323. The third-order valence-electron chi connectivity index (χ3n) is 2.91. The van der Waals surface area contributed by atoms with E-state index in [4.69, 9.17) is 11.6 Å². The predicted molar refractivity (Wildman–Crippen MR) is 57.5 cm³/mol. The molecule has 0 aromatic carbocycles. The highest BCUT2D eigenvalue weighted by molar-refractivity contribution is 6.32. The van der Waals surface area contributed by atoms with Gasteiger partial charge in [-0.05, 0) is 18.3 Å². The number of halogens is 1. The van der Waals surface area contributed by atoms with Crippen LogP contribution in [0, 0.1) is 5.41 Å². The van der Waals surface area contributed by atoms with Crippen LogP contribution >= 0.6 is 11.6 Å². The van der Waals surface area contributed by atoms with Crippen molar-refractivity contribution in [2.24, 2.45) is 5.41 Å². The van der Waals surface area contributed by atoms with Crippen molar-refractivity contribution < 1.29 is 0 Å². The molecule has 4 heteroatoms. The van der Waals surface area contributed by atoms with Gasteiger partial charge in [-0.2, -0.15) is 0 Å². The molecule has 0 radical (unpaired) electrons. The van der Waals surface area contributed by atoms with Gasteiger partial charge in [-0.1, -0.05) is 24.9 Å². The van der Waals surface area contributed by atoms with Crippen LogP contribution < -0.4 is 5.32 Å². The summed E-state index contributed by atoms with van der Waals surface area (Å²) in [6.07, 6.45) is 7.05. The molecule has 0 unspecified atom stereocenters. The number of anilines is 1. The normalized spacial score (nSPS) is 18.7. The summed E-state index contributed by atoms with van der Waals surface area (Å²) in [5, 5.41) is 3.87. The van der Waals surface area contributed by atoms with Gasteiger partial charge in [-0.15, -0.1) is 0 Å². The summed E-state index contributed by atoms with van der Waals surface area (Å²) >= 11 is 5.93. The van der Waals surface area contributed by atoms with Crippen molar-refractivity contribution in [3.8, 4) is 0 Å². The Morgan fingerprint density at radius 2 is 2.36 bits per heavy atom. The van der Waals surface area contributed by atoms with E-state index in [0.717, 1.165) is 12.4 Å². The molecular formula is C10H14ClN3. The van der Waals surface area contributed by atoms with E-state index in [1.807, 2.05) is 0 Å². The molecule has 0 atom stereocenters. The molecule has 1 saturated carbocycles. The fraction of sp³-hybridized carbons (Fsp3) is 0.600. The topological polar surface area (TPSA) is 37.8 Å². The first-order valence-corrected chi connectivity index (χ1v) is 5.27. The third-order valence-corrected chi connectivity index (χ3v) is 3.19. The molecule has 2 rings (SSSR count). The highest BCUT2D eigenvalue weighted by Gasteiger charge is 2.31. The average Bonchev–Trinajstić information content (AvgIpc) is 2.14. The van der Waals surface area contributed by atoms with E-state index in [1.54, 1.807) is 6.20 Å². The van der Waals surface area contributed by atoms with Gasteiger partial charge in [0.05, 0.1) is 6.20 Å². The molecule has 1 heterocycles. The molecule has 1 aromatic rings. The lowest BCUT2D eigenvalue weighted by molar-refractivity contribution is 0.180. The zero-order valence-electron chi connectivity index (χ0n) is 8.26. The minimum atomic E-state index is 0.439. The lowest BCUT2D eigenvalue weighted by atomic mass is 9.70. The first kappa shape index (κ1) is 9.71. The Kier molecular flexibility index (Phi) is 2.59. The third kappa shape index (κ3) is 1.98. The second-order valence-electron chi connectivity index (χ2n) is 4.24. The van der Waals surface area contributed by atoms with Crippen LogP contribution in [0.3, 0.4) is 0 Å². The first-order valence-electron chi connectivity index (χ1n) is 4.89. The van der Waals surface area contributed by atoms with Gasteiger partial charge in [0.1, 0.15) is 17.2 Å². The molecule has 0 saturated heterocycles. The van der Waals surface area contributed by atoms with Crippen molar-refractivity contribution >= 4 is 17.4 Å². The Morgan fingerprint density at radius 1 is 1.57 bits per heavy atom. The maximum absolute atomic E-state index is 5.93. The van der Waals surface area contributed by atoms with E-state index >= 15 is 0 Å². The second kappa shape index (κ2) is 3.73. The zero-order chi connectivity index (χ0) is 10.0. The molecule has 0 bridgehead atoms. The predicted octanol–water partition coefficient (Wildman–Crippen LogP) is 2.73. The number of nitrogens with one attached hydrogen (secondary N) is 1. The van der Waals surface area contributed by atoms with Gasteiger partial charge in [-0.25, -0.2) is 9.97 Å². The van der Waals surface area contributed by atoms with Gasteiger partial charge in [0.2, 0.25) is 0 Å². The van der Waals surface area contributed by atoms with Crippen LogP contribution in [0.5, 0.6) is 0 Å². The number of hydrogen-bond acceptors (Lipinski definition) is 3. The van der Waals surface area contributed by atoms with Crippen molar-refractivity contribution in [1.82, 2.24) is 9.97 Å². The van der Waals surface area contributed by atoms with Crippen LogP contribution in [-0.2, 0) is 0 Å². The lowest BCUT2D eigenvalue weighted by Crippen LogP contribution is -2.33. The van der Waals surface area contributed by atoms with Crippen molar-refractivity contribution in [2.75, 3.05) is 11.9 Å². The van der Waals surface area contributed by atoms with Crippen molar-refractivity contribution in [3.63, 3.8) is 0 Å². The second-order valence-corrected chi connectivity index (χ2v) is 4.64. The van der Waals surface area contributed by atoms with Crippen LogP contribution in [0.1, 0.15) is 26.2 Å². The standard InChI is InChI=1S/C10H14ClN3/c1-10(3-2-4-10)6-13-9-8(11)5-12-7-14-9/h5,7H,2-4,6H2,1H3,(H,12,13,14). The summed E-state index contributed by atoms with van der Waals surface area (Å²) in [6.45, 7) is 3.24. The van der Waals surface area contributed by atoms with Crippen LogP contribution in [-0.4, -0.2) is 16.5 Å². The number of aromatic nitrogens is 2. The summed E-state index contributed by atoms with van der Waals surface area (Å²) in [5.41, 5.74) is 0.439. The molecular weight excluding hydrogens is 198 g/mol. The van der Waals surface area contributed by atoms with Crippen LogP contribution in [0.15, 0.2) is 12.5 Å². The summed E-state index contributed by atoms with van der Waals surface area (Å²) in [7, 11) is 0. The first-order chi connectivity index (χ1) is 6.70. The van der Waals surface area contributed by atoms with Crippen LogP contribution in [0.2, 0.25) is 5.02 Å². The Labute approximate surface area is 88.9 Å². The maximum Gasteiger partial charge on any atom is 0.148 e. The Hall–Kier alpha value is -0.830. The molecule has 0 amide bonds. The minimum Gasteiger partial charge on any atom is -0.368 e. The smallest absolute Gasteiger partial charge is 0.148 e. The molecule has 76 valence electrons. The van der Waals surface area contributed by atoms with Crippen LogP contribution in [0.4, 0.5) is 5.82 Å². The number of rotatable bonds is 3. The van der Waals surface area contributed by atoms with Gasteiger partial charge in [0.25, 0.3) is 0 Å². The highest BCUT2D eigenvalue weighted by atomic mass is 35.5. The molecule has 1 fully saturated rings. The van der Waals surface area contributed by atoms with Crippen molar-refractivity contribution in [1.29, 1.82) is 0 Å². The molecule has 1 aromatic heterocycles. The van der Waals surface area contributed by atoms with Gasteiger partial charge in [0.15, 0.2) is 0 Å². The summed E-state index contributed by atoms with van der Waals surface area (Å²) in [4.78, 5) is 7.93. The molecule has 1 aliphatic carbocycles. The van der Waals surface area contributed by atoms with E-state index in [2.05, 4.69) is 22.2 Å². The highest BCUT2D eigenvalue weighted by Crippen LogP contribution is 2.40. The van der Waals surface area contributed by atoms with Crippen LogP contribution in [0.25, 0.3) is 0 Å². The zero-order valence-corrected chi connectivity index (χ0v) is 9.01. The fourth-order valence-electron chi connectivity index (χ4n) is 1.70. The molecule has 0 spiro atoms. The Balaban J connectivity index is 1.95. The van der Waals surface area contributed by atoms with E-state index < -0.39 is 0 Å². The number of nitrogens with zero attached hydrogens (tertiary/aromatic N) is 2. The number of hydrogen-bond donors (Lipinski definition) is 1. The molecule has 0 aliphatic heterocycles. The molecule has 3 nitrogen and oxygen atoms in total. The molecule has 1 N–H and O–H groups in total. The summed E-state index contributed by atoms with van der Waals surface area (Å²) in [6, 6.07) is 0. The van der Waals surface area contributed by atoms with Gasteiger partial charge in [0, 0.05) is 6.54 Å². The Morgan fingerprint density at radius 3 is 2.93 bits per heavy atom. The summed E-state index contributed by atoms with van der Waals surface area (Å²) < 4.78 is 0. The van der Waals surface area contributed by atoms with Crippen molar-refractivity contribution in [3.05, 3.63) is 17.5 Å². The van der Waals surface area contributed by atoms with E-state index in [-0.39, 0.29) is 0 Å².